The van der Waals surface area contributed by atoms with E-state index in [0.29, 0.717) is 0 Å². The number of nitrogens with one attached hydrogen (secondary N) is 1. The molecule has 0 radical (unpaired) electrons. The van der Waals surface area contributed by atoms with E-state index in [9.17, 15) is 0 Å². The van der Waals surface area contributed by atoms with Gasteiger partial charge < -0.3 is 5.32 Å². The number of nitrogens with zero attached hydrogens (tertiary/aromatic N) is 4. The van der Waals surface area contributed by atoms with E-state index in [1.807, 2.05) is 40.2 Å². The number of aryl methyl sites for hydroxylation is 3. The molecule has 0 aliphatic heterocycles. The van der Waals surface area contributed by atoms with Gasteiger partial charge in [-0.3, -0.25) is 4.68 Å². The summed E-state index contributed by atoms with van der Waals surface area (Å²) in [5.74, 6) is 0. The quantitative estimate of drug-likeness (QED) is 0.860. The number of aromatic nitrogens is 4. The zero-order valence-corrected chi connectivity index (χ0v) is 10.6. The van der Waals surface area contributed by atoms with Crippen LogP contribution in [0.3, 0.4) is 0 Å². The topological polar surface area (TPSA) is 55.6 Å². The van der Waals surface area contributed by atoms with Crippen molar-refractivity contribution in [3.8, 4) is 0 Å². The van der Waals surface area contributed by atoms with Gasteiger partial charge in [-0.25, -0.2) is 0 Å². The van der Waals surface area contributed by atoms with Crippen molar-refractivity contribution < 1.29 is 0 Å². The van der Waals surface area contributed by atoms with Crippen LogP contribution in [-0.2, 0) is 7.05 Å². The molecule has 1 unspecified atom stereocenters. The van der Waals surface area contributed by atoms with Gasteiger partial charge in [0.05, 0.1) is 23.1 Å². The van der Waals surface area contributed by atoms with E-state index in [2.05, 4.69) is 26.7 Å². The van der Waals surface area contributed by atoms with Crippen molar-refractivity contribution >= 4 is 0 Å². The Bertz CT molecular complexity index is 517. The molecule has 5 heteroatoms. The van der Waals surface area contributed by atoms with Crippen LogP contribution in [0.5, 0.6) is 0 Å². The molecule has 2 aromatic rings. The lowest BCUT2D eigenvalue weighted by atomic mass is 10.0. The Morgan fingerprint density at radius 3 is 2.65 bits per heavy atom. The molecule has 0 saturated carbocycles. The van der Waals surface area contributed by atoms with Crippen molar-refractivity contribution in [2.24, 2.45) is 7.05 Å². The molecule has 0 spiro atoms. The summed E-state index contributed by atoms with van der Waals surface area (Å²) in [5.41, 5.74) is 3.96. The minimum atomic E-state index is 0.0606. The van der Waals surface area contributed by atoms with Crippen LogP contribution in [0, 0.1) is 13.8 Å². The van der Waals surface area contributed by atoms with Crippen LogP contribution in [0.2, 0.25) is 0 Å². The molecule has 2 rings (SSSR count). The molecule has 0 bridgehead atoms. The molecule has 0 aromatic carbocycles. The van der Waals surface area contributed by atoms with E-state index >= 15 is 0 Å². The van der Waals surface area contributed by atoms with Crippen LogP contribution in [0.15, 0.2) is 18.3 Å². The highest BCUT2D eigenvalue weighted by Crippen LogP contribution is 2.22. The van der Waals surface area contributed by atoms with Crippen LogP contribution in [0.4, 0.5) is 0 Å². The van der Waals surface area contributed by atoms with E-state index in [0.717, 1.165) is 22.6 Å². The monoisotopic (exact) mass is 231 g/mol. The van der Waals surface area contributed by atoms with Crippen molar-refractivity contribution in [2.45, 2.75) is 19.9 Å². The molecule has 90 valence electrons. The fourth-order valence-corrected chi connectivity index (χ4v) is 1.91. The molecule has 0 aliphatic rings. The lowest BCUT2D eigenvalue weighted by molar-refractivity contribution is 0.632. The van der Waals surface area contributed by atoms with Crippen molar-refractivity contribution in [3.63, 3.8) is 0 Å². The zero-order valence-electron chi connectivity index (χ0n) is 10.6. The second kappa shape index (κ2) is 4.63. The van der Waals surface area contributed by atoms with Crippen LogP contribution in [0.25, 0.3) is 0 Å². The first-order valence-electron chi connectivity index (χ1n) is 5.59. The van der Waals surface area contributed by atoms with Crippen LogP contribution < -0.4 is 5.32 Å². The van der Waals surface area contributed by atoms with Crippen LogP contribution >= 0.6 is 0 Å². The van der Waals surface area contributed by atoms with Gasteiger partial charge in [-0.2, -0.15) is 15.3 Å². The summed E-state index contributed by atoms with van der Waals surface area (Å²) in [6.45, 7) is 3.91. The first-order chi connectivity index (χ1) is 8.11. The number of rotatable bonds is 3. The molecule has 5 nitrogen and oxygen atoms in total. The maximum Gasteiger partial charge on any atom is 0.0839 e. The predicted molar refractivity (Wildman–Crippen MR) is 65.6 cm³/mol. The van der Waals surface area contributed by atoms with Crippen molar-refractivity contribution in [3.05, 3.63) is 41.0 Å². The highest BCUT2D eigenvalue weighted by molar-refractivity contribution is 5.30. The molecule has 0 amide bonds. The average molecular weight is 231 g/mol. The fraction of sp³-hybridized carbons (Fsp3) is 0.417. The number of hydrogen-bond acceptors (Lipinski definition) is 4. The Balaban J connectivity index is 2.45. The van der Waals surface area contributed by atoms with E-state index in [4.69, 9.17) is 0 Å². The summed E-state index contributed by atoms with van der Waals surface area (Å²) in [4.78, 5) is 0. The molecule has 2 aromatic heterocycles. The highest BCUT2D eigenvalue weighted by Gasteiger charge is 2.17. The Morgan fingerprint density at radius 2 is 2.06 bits per heavy atom. The largest absolute Gasteiger partial charge is 0.308 e. The lowest BCUT2D eigenvalue weighted by Crippen LogP contribution is -2.20. The molecule has 0 saturated heterocycles. The van der Waals surface area contributed by atoms with E-state index in [1.54, 1.807) is 4.68 Å². The SMILES string of the molecule is CNC(c1ccn(C)n1)c1cc(C)nnc1C. The van der Waals surface area contributed by atoms with Crippen LogP contribution in [0.1, 0.15) is 28.7 Å². The first kappa shape index (κ1) is 11.7. The summed E-state index contributed by atoms with van der Waals surface area (Å²) in [6.07, 6.45) is 1.94. The second-order valence-corrected chi connectivity index (χ2v) is 4.16. The number of hydrogen-bond donors (Lipinski definition) is 1. The van der Waals surface area contributed by atoms with E-state index < -0.39 is 0 Å². The van der Waals surface area contributed by atoms with Crippen LogP contribution in [-0.4, -0.2) is 27.0 Å². The van der Waals surface area contributed by atoms with Gasteiger partial charge in [-0.05, 0) is 33.0 Å². The molecular weight excluding hydrogens is 214 g/mol. The molecule has 2 heterocycles. The molecule has 17 heavy (non-hydrogen) atoms. The van der Waals surface area contributed by atoms with Crippen molar-refractivity contribution in [2.75, 3.05) is 7.05 Å². The zero-order chi connectivity index (χ0) is 12.4. The summed E-state index contributed by atoms with van der Waals surface area (Å²) >= 11 is 0. The van der Waals surface area contributed by atoms with E-state index in [-0.39, 0.29) is 6.04 Å². The smallest absolute Gasteiger partial charge is 0.0839 e. The minimum Gasteiger partial charge on any atom is -0.308 e. The van der Waals surface area contributed by atoms with Gasteiger partial charge in [-0.15, -0.1) is 0 Å². The maximum atomic E-state index is 4.43. The third kappa shape index (κ3) is 2.34. The van der Waals surface area contributed by atoms with Gasteiger partial charge in [0, 0.05) is 18.8 Å². The maximum absolute atomic E-state index is 4.43. The third-order valence-electron chi connectivity index (χ3n) is 2.77. The fourth-order valence-electron chi connectivity index (χ4n) is 1.91. The summed E-state index contributed by atoms with van der Waals surface area (Å²) in [6, 6.07) is 4.12. The predicted octanol–water partition coefficient (Wildman–Crippen LogP) is 1.14. The van der Waals surface area contributed by atoms with Gasteiger partial charge >= 0.3 is 0 Å². The molecule has 0 aliphatic carbocycles. The van der Waals surface area contributed by atoms with Crippen molar-refractivity contribution in [1.82, 2.24) is 25.3 Å². The molecule has 0 fully saturated rings. The van der Waals surface area contributed by atoms with Gasteiger partial charge in [-0.1, -0.05) is 0 Å². The van der Waals surface area contributed by atoms with Crippen molar-refractivity contribution in [1.29, 1.82) is 0 Å². The Morgan fingerprint density at radius 1 is 1.29 bits per heavy atom. The highest BCUT2D eigenvalue weighted by atomic mass is 15.3. The van der Waals surface area contributed by atoms with Gasteiger partial charge in [0.15, 0.2) is 0 Å². The Labute approximate surface area is 101 Å². The van der Waals surface area contributed by atoms with E-state index in [1.165, 1.54) is 0 Å². The third-order valence-corrected chi connectivity index (χ3v) is 2.77. The standard InChI is InChI=1S/C12H17N5/c1-8-7-10(9(2)15-14-8)12(13-3)11-5-6-17(4)16-11/h5-7,12-13H,1-4H3. The first-order valence-corrected chi connectivity index (χ1v) is 5.59. The summed E-state index contributed by atoms with van der Waals surface area (Å²) in [5, 5.41) is 15.9. The second-order valence-electron chi connectivity index (χ2n) is 4.16. The molecule has 1 N–H and O–H groups in total. The Kier molecular flexibility index (Phi) is 3.19. The summed E-state index contributed by atoms with van der Waals surface area (Å²) < 4.78 is 1.80. The normalized spacial score (nSPS) is 12.7. The average Bonchev–Trinajstić information content (AvgIpc) is 2.71. The Hall–Kier alpha value is -1.75. The van der Waals surface area contributed by atoms with Gasteiger partial charge in [0.25, 0.3) is 0 Å². The lowest BCUT2D eigenvalue weighted by Gasteiger charge is -2.16. The minimum absolute atomic E-state index is 0.0606. The summed E-state index contributed by atoms with van der Waals surface area (Å²) in [7, 11) is 3.84. The van der Waals surface area contributed by atoms with Gasteiger partial charge in [0.2, 0.25) is 0 Å². The van der Waals surface area contributed by atoms with Gasteiger partial charge in [0.1, 0.15) is 0 Å². The molecular formula is C12H17N5. The molecule has 1 atom stereocenters.